The normalized spacial score (nSPS) is 18.9. The van der Waals surface area contributed by atoms with Gasteiger partial charge in [-0.15, -0.1) is 0 Å². The number of allylic oxidation sites excluding steroid dienone is 1. The molecule has 3 heterocycles. The van der Waals surface area contributed by atoms with Crippen molar-refractivity contribution in [2.24, 2.45) is 10.7 Å². The summed E-state index contributed by atoms with van der Waals surface area (Å²) in [5.41, 5.74) is 12.8. The first kappa shape index (κ1) is 23.0. The van der Waals surface area contributed by atoms with Gasteiger partial charge >= 0.3 is 0 Å². The van der Waals surface area contributed by atoms with Crippen molar-refractivity contribution < 1.29 is 4.74 Å². The number of nitrogens with one attached hydrogen (secondary N) is 1. The molecule has 31 heavy (non-hydrogen) atoms. The number of rotatable bonds is 6. The van der Waals surface area contributed by atoms with Crippen molar-refractivity contribution in [3.05, 3.63) is 58.8 Å². The lowest BCUT2D eigenvalue weighted by atomic mass is 10.0. The number of morpholine rings is 1. The van der Waals surface area contributed by atoms with Gasteiger partial charge in [0, 0.05) is 64.3 Å². The molecular formula is C24H36N6O. The molecule has 168 valence electrons. The van der Waals surface area contributed by atoms with Gasteiger partial charge in [0.25, 0.3) is 0 Å². The second kappa shape index (κ2) is 11.1. The van der Waals surface area contributed by atoms with Crippen molar-refractivity contribution in [3.8, 4) is 0 Å². The van der Waals surface area contributed by atoms with Gasteiger partial charge < -0.3 is 20.7 Å². The summed E-state index contributed by atoms with van der Waals surface area (Å²) in [6, 6.07) is 4.19. The Bertz CT molecular complexity index is 859. The van der Waals surface area contributed by atoms with Crippen molar-refractivity contribution in [3.63, 3.8) is 0 Å². The maximum atomic E-state index is 6.05. The van der Waals surface area contributed by atoms with E-state index in [1.165, 1.54) is 22.4 Å². The van der Waals surface area contributed by atoms with E-state index < -0.39 is 0 Å². The summed E-state index contributed by atoms with van der Waals surface area (Å²) in [5, 5.41) is 3.45. The maximum Gasteiger partial charge on any atom is 0.134 e. The number of nitrogens with zero attached hydrogens (tertiary/aromatic N) is 4. The van der Waals surface area contributed by atoms with Crippen LogP contribution in [0.5, 0.6) is 0 Å². The zero-order valence-corrected chi connectivity index (χ0v) is 19.3. The van der Waals surface area contributed by atoms with E-state index in [-0.39, 0.29) is 0 Å². The number of hydrogen-bond acceptors (Lipinski definition) is 6. The highest BCUT2D eigenvalue weighted by Crippen LogP contribution is 2.22. The number of aromatic nitrogens is 1. The topological polar surface area (TPSA) is 79.0 Å². The van der Waals surface area contributed by atoms with Crippen molar-refractivity contribution >= 4 is 11.4 Å². The van der Waals surface area contributed by atoms with Crippen LogP contribution in [-0.4, -0.2) is 67.1 Å². The second-order valence-corrected chi connectivity index (χ2v) is 8.36. The molecule has 3 N–H and O–H groups in total. The van der Waals surface area contributed by atoms with Gasteiger partial charge in [-0.1, -0.05) is 11.6 Å². The Morgan fingerprint density at radius 1 is 1.26 bits per heavy atom. The zero-order chi connectivity index (χ0) is 22.2. The minimum absolute atomic E-state index is 0.803. The molecule has 0 radical (unpaired) electrons. The number of pyridine rings is 1. The summed E-state index contributed by atoms with van der Waals surface area (Å²) < 4.78 is 5.43. The van der Waals surface area contributed by atoms with Gasteiger partial charge in [-0.2, -0.15) is 0 Å². The molecule has 0 unspecified atom stereocenters. The highest BCUT2D eigenvalue weighted by atomic mass is 16.5. The van der Waals surface area contributed by atoms with Gasteiger partial charge in [0.05, 0.1) is 24.5 Å². The fraction of sp³-hybridized carbons (Fsp3) is 0.500. The molecule has 0 spiro atoms. The molecule has 0 bridgehead atoms. The van der Waals surface area contributed by atoms with Gasteiger partial charge in [0.15, 0.2) is 0 Å². The predicted octanol–water partition coefficient (Wildman–Crippen LogP) is 2.73. The van der Waals surface area contributed by atoms with E-state index in [1.807, 2.05) is 19.3 Å². The van der Waals surface area contributed by atoms with Crippen LogP contribution in [0.25, 0.3) is 5.57 Å². The molecule has 3 rings (SSSR count). The number of aliphatic imine (C=N–C) groups is 1. The Labute approximate surface area is 186 Å². The standard InChI is InChI=1S/C24H36N6O/c1-18(2)14-27-22-7-8-30(16-19(22)3)24(26-4)21(13-25)23-6-5-20(15-28-23)17-29-9-11-31-12-10-29/h5-6,13-15,27H,7-12,16-17,25H2,1-4H3/b21-13+,26-24?. The lowest BCUT2D eigenvalue weighted by Crippen LogP contribution is -2.39. The Morgan fingerprint density at radius 2 is 2.03 bits per heavy atom. The third kappa shape index (κ3) is 6.18. The quantitative estimate of drug-likeness (QED) is 0.540. The van der Waals surface area contributed by atoms with Crippen LogP contribution in [-0.2, 0) is 11.3 Å². The number of amidine groups is 1. The molecule has 1 aromatic heterocycles. The first-order valence-electron chi connectivity index (χ1n) is 11.0. The molecule has 1 saturated heterocycles. The van der Waals surface area contributed by atoms with Crippen LogP contribution in [0.1, 0.15) is 38.4 Å². The van der Waals surface area contributed by atoms with E-state index in [4.69, 9.17) is 15.5 Å². The maximum absolute atomic E-state index is 6.05. The van der Waals surface area contributed by atoms with E-state index >= 15 is 0 Å². The molecule has 7 nitrogen and oxygen atoms in total. The Morgan fingerprint density at radius 3 is 2.61 bits per heavy atom. The molecule has 0 aromatic carbocycles. The van der Waals surface area contributed by atoms with Crippen molar-refractivity contribution in [2.45, 2.75) is 33.7 Å². The lowest BCUT2D eigenvalue weighted by molar-refractivity contribution is 0.0341. The van der Waals surface area contributed by atoms with Gasteiger partial charge in [0.1, 0.15) is 5.84 Å². The van der Waals surface area contributed by atoms with Gasteiger partial charge in [-0.05, 0) is 44.2 Å². The first-order valence-corrected chi connectivity index (χ1v) is 11.0. The number of hydrogen-bond donors (Lipinski definition) is 2. The summed E-state index contributed by atoms with van der Waals surface area (Å²) in [6.45, 7) is 12.5. The molecular weight excluding hydrogens is 388 g/mol. The summed E-state index contributed by atoms with van der Waals surface area (Å²) in [4.78, 5) is 14.0. The van der Waals surface area contributed by atoms with Crippen LogP contribution in [0, 0.1) is 0 Å². The highest BCUT2D eigenvalue weighted by molar-refractivity contribution is 6.22. The van der Waals surface area contributed by atoms with Crippen LogP contribution in [0.3, 0.4) is 0 Å². The Kier molecular flexibility index (Phi) is 8.26. The smallest absolute Gasteiger partial charge is 0.134 e. The average molecular weight is 425 g/mol. The first-order chi connectivity index (χ1) is 15.0. The molecule has 0 atom stereocenters. The van der Waals surface area contributed by atoms with Crippen LogP contribution < -0.4 is 11.1 Å². The molecule has 0 saturated carbocycles. The lowest BCUT2D eigenvalue weighted by Gasteiger charge is -2.33. The van der Waals surface area contributed by atoms with Gasteiger partial charge in [0.2, 0.25) is 0 Å². The number of ether oxygens (including phenoxy) is 1. The fourth-order valence-corrected chi connectivity index (χ4v) is 3.93. The van der Waals surface area contributed by atoms with Crippen molar-refractivity contribution in [2.75, 3.05) is 46.4 Å². The second-order valence-electron chi connectivity index (χ2n) is 8.36. The minimum Gasteiger partial charge on any atom is -0.404 e. The summed E-state index contributed by atoms with van der Waals surface area (Å²) in [6.07, 6.45) is 6.59. The van der Waals surface area contributed by atoms with Crippen molar-refractivity contribution in [1.82, 2.24) is 20.1 Å². The van der Waals surface area contributed by atoms with Crippen LogP contribution in [0.2, 0.25) is 0 Å². The van der Waals surface area contributed by atoms with E-state index in [2.05, 4.69) is 53.1 Å². The van der Waals surface area contributed by atoms with Gasteiger partial charge in [-0.25, -0.2) is 0 Å². The van der Waals surface area contributed by atoms with Crippen LogP contribution in [0.15, 0.2) is 52.6 Å². The molecule has 2 aliphatic rings. The summed E-state index contributed by atoms with van der Waals surface area (Å²) in [7, 11) is 1.82. The average Bonchev–Trinajstić information content (AvgIpc) is 2.78. The largest absolute Gasteiger partial charge is 0.404 e. The van der Waals surface area contributed by atoms with Crippen molar-refractivity contribution in [1.29, 1.82) is 0 Å². The molecule has 7 heteroatoms. The van der Waals surface area contributed by atoms with E-state index in [0.29, 0.717) is 0 Å². The van der Waals surface area contributed by atoms with Crippen LogP contribution >= 0.6 is 0 Å². The fourth-order valence-electron chi connectivity index (χ4n) is 3.93. The molecule has 0 aliphatic carbocycles. The predicted molar refractivity (Wildman–Crippen MR) is 127 cm³/mol. The van der Waals surface area contributed by atoms with E-state index in [0.717, 1.165) is 69.5 Å². The SMILES string of the molecule is CN=C(/C(=C/N)c1ccc(CN2CCOCC2)cn1)N1CCC(NC=C(C)C)=C(C)C1. The van der Waals surface area contributed by atoms with E-state index in [1.54, 1.807) is 6.20 Å². The Hall–Kier alpha value is -2.64. The third-order valence-corrected chi connectivity index (χ3v) is 5.64. The monoisotopic (exact) mass is 424 g/mol. The molecule has 1 fully saturated rings. The van der Waals surface area contributed by atoms with Gasteiger partial charge in [-0.3, -0.25) is 14.9 Å². The molecule has 1 aromatic rings. The summed E-state index contributed by atoms with van der Waals surface area (Å²) in [5.74, 6) is 0.886. The molecule has 2 aliphatic heterocycles. The highest BCUT2D eigenvalue weighted by Gasteiger charge is 2.23. The van der Waals surface area contributed by atoms with Crippen LogP contribution in [0.4, 0.5) is 0 Å². The number of nitrogens with two attached hydrogens (primary N) is 1. The summed E-state index contributed by atoms with van der Waals surface area (Å²) >= 11 is 0. The third-order valence-electron chi connectivity index (χ3n) is 5.64. The minimum atomic E-state index is 0.803. The Balaban J connectivity index is 1.70. The zero-order valence-electron chi connectivity index (χ0n) is 19.3. The van der Waals surface area contributed by atoms with E-state index in [9.17, 15) is 0 Å². The molecule has 0 amide bonds.